The molecule has 2 saturated heterocycles. The number of hydrogen-bond donors (Lipinski definition) is 1. The molecule has 0 bridgehead atoms. The Kier molecular flexibility index (Phi) is 6.73. The fraction of sp³-hybridized carbons (Fsp3) is 0.632. The maximum atomic E-state index is 13.2. The van der Waals surface area contributed by atoms with E-state index in [0.717, 1.165) is 45.1 Å². The first-order valence-electron chi connectivity index (χ1n) is 9.60. The van der Waals surface area contributed by atoms with Gasteiger partial charge < -0.3 is 14.8 Å². The van der Waals surface area contributed by atoms with E-state index in [0.29, 0.717) is 25.2 Å². The second kappa shape index (κ2) is 9.03. The SMILES string of the molecule is COc1ccc(C(=O)NC[C@H]2CCCO2)cc1S(=O)(=O)N1CCCCCC1. The first-order chi connectivity index (χ1) is 13.0. The molecule has 0 spiro atoms. The number of rotatable bonds is 6. The van der Waals surface area contributed by atoms with E-state index in [9.17, 15) is 13.2 Å². The Morgan fingerprint density at radius 3 is 2.59 bits per heavy atom. The van der Waals surface area contributed by atoms with Crippen LogP contribution in [0.2, 0.25) is 0 Å². The van der Waals surface area contributed by atoms with Crippen LogP contribution in [-0.4, -0.2) is 58.1 Å². The molecule has 0 unspecified atom stereocenters. The molecule has 7 nitrogen and oxygen atoms in total. The molecule has 0 radical (unpaired) electrons. The Bertz CT molecular complexity index is 751. The Hall–Kier alpha value is -1.64. The second-order valence-corrected chi connectivity index (χ2v) is 8.94. The molecule has 0 aromatic heterocycles. The number of carbonyl (C=O) groups is 1. The normalized spacial score (nSPS) is 21.6. The van der Waals surface area contributed by atoms with Crippen molar-refractivity contribution in [3.8, 4) is 5.75 Å². The van der Waals surface area contributed by atoms with Gasteiger partial charge in [-0.3, -0.25) is 4.79 Å². The molecule has 1 N–H and O–H groups in total. The van der Waals surface area contributed by atoms with Crippen LogP contribution >= 0.6 is 0 Å². The molecule has 2 aliphatic heterocycles. The third-order valence-electron chi connectivity index (χ3n) is 5.12. The van der Waals surface area contributed by atoms with Gasteiger partial charge in [-0.25, -0.2) is 8.42 Å². The van der Waals surface area contributed by atoms with E-state index in [4.69, 9.17) is 9.47 Å². The van der Waals surface area contributed by atoms with Gasteiger partial charge in [0, 0.05) is 31.8 Å². The Morgan fingerprint density at radius 2 is 1.96 bits per heavy atom. The van der Waals surface area contributed by atoms with E-state index >= 15 is 0 Å². The molecule has 1 aromatic carbocycles. The van der Waals surface area contributed by atoms with Crippen molar-refractivity contribution in [1.82, 2.24) is 9.62 Å². The van der Waals surface area contributed by atoms with Gasteiger partial charge in [0.2, 0.25) is 10.0 Å². The maximum Gasteiger partial charge on any atom is 0.251 e. The number of sulfonamides is 1. The van der Waals surface area contributed by atoms with Crippen LogP contribution in [0.5, 0.6) is 5.75 Å². The minimum atomic E-state index is -3.71. The number of ether oxygens (including phenoxy) is 2. The predicted molar refractivity (Wildman–Crippen MR) is 102 cm³/mol. The number of nitrogens with zero attached hydrogens (tertiary/aromatic N) is 1. The number of benzene rings is 1. The monoisotopic (exact) mass is 396 g/mol. The average Bonchev–Trinajstić information content (AvgIpc) is 3.04. The molecule has 2 fully saturated rings. The summed E-state index contributed by atoms with van der Waals surface area (Å²) in [5, 5.41) is 2.83. The molecule has 0 aliphatic carbocycles. The van der Waals surface area contributed by atoms with E-state index in [2.05, 4.69) is 5.32 Å². The summed E-state index contributed by atoms with van der Waals surface area (Å²) in [5.74, 6) is -0.0459. The third kappa shape index (κ3) is 4.80. The summed E-state index contributed by atoms with van der Waals surface area (Å²) >= 11 is 0. The summed E-state index contributed by atoms with van der Waals surface area (Å²) in [7, 11) is -2.27. The first-order valence-corrected chi connectivity index (χ1v) is 11.0. The molecule has 1 amide bonds. The van der Waals surface area contributed by atoms with Gasteiger partial charge in [0.1, 0.15) is 10.6 Å². The van der Waals surface area contributed by atoms with Crippen molar-refractivity contribution in [2.24, 2.45) is 0 Å². The lowest BCUT2D eigenvalue weighted by Crippen LogP contribution is -2.33. The van der Waals surface area contributed by atoms with E-state index in [1.807, 2.05) is 0 Å². The molecule has 1 atom stereocenters. The van der Waals surface area contributed by atoms with E-state index < -0.39 is 10.0 Å². The number of amides is 1. The van der Waals surface area contributed by atoms with E-state index in [-0.39, 0.29) is 22.7 Å². The highest BCUT2D eigenvalue weighted by Crippen LogP contribution is 2.29. The zero-order valence-corrected chi connectivity index (χ0v) is 16.6. The first kappa shape index (κ1) is 20.1. The standard InChI is InChI=1S/C19H28N2O5S/c1-25-17-9-8-15(19(22)20-14-16-7-6-12-26-16)13-18(17)27(23,24)21-10-4-2-3-5-11-21/h8-9,13,16H,2-7,10-12,14H2,1H3,(H,20,22)/t16-/m1/s1. The van der Waals surface area contributed by atoms with Crippen molar-refractivity contribution >= 4 is 15.9 Å². The predicted octanol–water partition coefficient (Wildman–Crippen LogP) is 2.17. The fourth-order valence-corrected chi connectivity index (χ4v) is 5.25. The quantitative estimate of drug-likeness (QED) is 0.797. The molecule has 1 aromatic rings. The van der Waals surface area contributed by atoms with Gasteiger partial charge >= 0.3 is 0 Å². The van der Waals surface area contributed by atoms with E-state index in [1.165, 1.54) is 17.5 Å². The van der Waals surface area contributed by atoms with Crippen molar-refractivity contribution in [3.05, 3.63) is 23.8 Å². The summed E-state index contributed by atoms with van der Waals surface area (Å²) in [6.45, 7) is 2.15. The van der Waals surface area contributed by atoms with Crippen molar-refractivity contribution < 1.29 is 22.7 Å². The van der Waals surface area contributed by atoms with Gasteiger partial charge in [-0.1, -0.05) is 12.8 Å². The van der Waals surface area contributed by atoms with Gasteiger partial charge in [0.15, 0.2) is 0 Å². The van der Waals surface area contributed by atoms with Gasteiger partial charge in [0.25, 0.3) is 5.91 Å². The van der Waals surface area contributed by atoms with E-state index in [1.54, 1.807) is 12.1 Å². The lowest BCUT2D eigenvalue weighted by molar-refractivity contribution is 0.0857. The zero-order valence-electron chi connectivity index (χ0n) is 15.8. The van der Waals surface area contributed by atoms with Gasteiger partial charge in [-0.05, 0) is 43.9 Å². The van der Waals surface area contributed by atoms with Crippen LogP contribution in [0, 0.1) is 0 Å². The summed E-state index contributed by atoms with van der Waals surface area (Å²) in [6, 6.07) is 4.56. The lowest BCUT2D eigenvalue weighted by atomic mass is 10.2. The van der Waals surface area contributed by atoms with Crippen LogP contribution in [0.3, 0.4) is 0 Å². The lowest BCUT2D eigenvalue weighted by Gasteiger charge is -2.21. The molecule has 0 saturated carbocycles. The Balaban J connectivity index is 1.80. The molecular formula is C19H28N2O5S. The molecule has 27 heavy (non-hydrogen) atoms. The second-order valence-electron chi connectivity index (χ2n) is 7.03. The average molecular weight is 397 g/mol. The fourth-order valence-electron chi connectivity index (χ4n) is 3.55. The smallest absolute Gasteiger partial charge is 0.251 e. The Labute approximate surface area is 161 Å². The molecule has 2 aliphatic rings. The highest BCUT2D eigenvalue weighted by atomic mass is 32.2. The Morgan fingerprint density at radius 1 is 1.22 bits per heavy atom. The highest BCUT2D eigenvalue weighted by Gasteiger charge is 2.29. The van der Waals surface area contributed by atoms with Crippen LogP contribution in [0.15, 0.2) is 23.1 Å². The molecular weight excluding hydrogens is 368 g/mol. The molecule has 8 heteroatoms. The largest absolute Gasteiger partial charge is 0.495 e. The maximum absolute atomic E-state index is 13.2. The summed E-state index contributed by atoms with van der Waals surface area (Å²) in [5.41, 5.74) is 0.308. The third-order valence-corrected chi connectivity index (χ3v) is 7.04. The van der Waals surface area contributed by atoms with Crippen LogP contribution in [0.1, 0.15) is 48.9 Å². The topological polar surface area (TPSA) is 84.9 Å². The van der Waals surface area contributed by atoms with Crippen molar-refractivity contribution in [2.45, 2.75) is 49.5 Å². The summed E-state index contributed by atoms with van der Waals surface area (Å²) in [4.78, 5) is 12.5. The van der Waals surface area contributed by atoms with Gasteiger partial charge in [-0.15, -0.1) is 0 Å². The minimum Gasteiger partial charge on any atom is -0.495 e. The van der Waals surface area contributed by atoms with Crippen LogP contribution in [0.4, 0.5) is 0 Å². The van der Waals surface area contributed by atoms with Crippen LogP contribution < -0.4 is 10.1 Å². The molecule has 150 valence electrons. The highest BCUT2D eigenvalue weighted by molar-refractivity contribution is 7.89. The summed E-state index contributed by atoms with van der Waals surface area (Å²) < 4.78 is 38.6. The number of methoxy groups -OCH3 is 1. The number of nitrogens with one attached hydrogen (secondary N) is 1. The minimum absolute atomic E-state index is 0.0347. The van der Waals surface area contributed by atoms with Crippen molar-refractivity contribution in [2.75, 3.05) is 33.4 Å². The number of hydrogen-bond acceptors (Lipinski definition) is 5. The van der Waals surface area contributed by atoms with Crippen LogP contribution in [0.25, 0.3) is 0 Å². The summed E-state index contributed by atoms with van der Waals surface area (Å²) in [6.07, 6.45) is 5.74. The molecule has 2 heterocycles. The van der Waals surface area contributed by atoms with Crippen molar-refractivity contribution in [1.29, 1.82) is 0 Å². The molecule has 3 rings (SSSR count). The van der Waals surface area contributed by atoms with Gasteiger partial charge in [-0.2, -0.15) is 4.31 Å². The van der Waals surface area contributed by atoms with Crippen LogP contribution in [-0.2, 0) is 14.8 Å². The zero-order chi connectivity index (χ0) is 19.3. The van der Waals surface area contributed by atoms with Crippen molar-refractivity contribution in [3.63, 3.8) is 0 Å². The van der Waals surface area contributed by atoms with Gasteiger partial charge in [0.05, 0.1) is 13.2 Å². The number of carbonyl (C=O) groups excluding carboxylic acids is 1.